The van der Waals surface area contributed by atoms with Gasteiger partial charge in [0.2, 0.25) is 0 Å². The molecule has 0 saturated carbocycles. The monoisotopic (exact) mass is 237 g/mol. The first-order valence-electron chi connectivity index (χ1n) is 6.03. The van der Waals surface area contributed by atoms with Crippen LogP contribution in [0.3, 0.4) is 0 Å². The number of ether oxygens (including phenoxy) is 1. The zero-order valence-electron chi connectivity index (χ0n) is 10.7. The summed E-state index contributed by atoms with van der Waals surface area (Å²) in [4.78, 5) is 0. The van der Waals surface area contributed by atoms with Crippen LogP contribution in [0, 0.1) is 0 Å². The lowest BCUT2D eigenvalue weighted by Crippen LogP contribution is -2.39. The number of hydrogen-bond donors (Lipinski definition) is 3. The molecule has 96 valence electrons. The first-order valence-corrected chi connectivity index (χ1v) is 6.03. The molecular formula is C13H23N3O. The van der Waals surface area contributed by atoms with Crippen molar-refractivity contribution in [2.75, 3.05) is 20.2 Å². The minimum Gasteiger partial charge on any atom is -0.496 e. The number of methoxy groups -OCH3 is 1. The summed E-state index contributed by atoms with van der Waals surface area (Å²) in [6.07, 6.45) is 1.03. The Hall–Kier alpha value is -1.10. The van der Waals surface area contributed by atoms with Crippen LogP contribution in [0.25, 0.3) is 0 Å². The molecule has 0 bridgehead atoms. The van der Waals surface area contributed by atoms with E-state index in [0.717, 1.165) is 30.8 Å². The predicted molar refractivity (Wildman–Crippen MR) is 71.1 cm³/mol. The van der Waals surface area contributed by atoms with Gasteiger partial charge in [0.15, 0.2) is 0 Å². The SMILES string of the molecule is CCc1ccc(OC)c(CNCC(N)CN)c1. The largest absolute Gasteiger partial charge is 0.496 e. The summed E-state index contributed by atoms with van der Waals surface area (Å²) < 4.78 is 5.33. The molecule has 1 atom stereocenters. The molecule has 0 aliphatic heterocycles. The fourth-order valence-electron chi connectivity index (χ4n) is 1.67. The van der Waals surface area contributed by atoms with Gasteiger partial charge < -0.3 is 21.5 Å². The molecule has 17 heavy (non-hydrogen) atoms. The van der Waals surface area contributed by atoms with Crippen molar-refractivity contribution in [3.8, 4) is 5.75 Å². The number of rotatable bonds is 7. The van der Waals surface area contributed by atoms with Crippen LogP contribution in [0.1, 0.15) is 18.1 Å². The third-order valence-corrected chi connectivity index (χ3v) is 2.78. The van der Waals surface area contributed by atoms with Crippen molar-refractivity contribution >= 4 is 0 Å². The van der Waals surface area contributed by atoms with Gasteiger partial charge in [-0.2, -0.15) is 0 Å². The molecule has 4 nitrogen and oxygen atoms in total. The highest BCUT2D eigenvalue weighted by Gasteiger charge is 2.05. The lowest BCUT2D eigenvalue weighted by Gasteiger charge is -2.13. The van der Waals surface area contributed by atoms with E-state index < -0.39 is 0 Å². The van der Waals surface area contributed by atoms with E-state index >= 15 is 0 Å². The van der Waals surface area contributed by atoms with Crippen LogP contribution in [0.4, 0.5) is 0 Å². The van der Waals surface area contributed by atoms with Crippen LogP contribution in [-0.2, 0) is 13.0 Å². The van der Waals surface area contributed by atoms with Gasteiger partial charge in [-0.3, -0.25) is 0 Å². The molecule has 4 heteroatoms. The van der Waals surface area contributed by atoms with Crippen LogP contribution < -0.4 is 21.5 Å². The van der Waals surface area contributed by atoms with Crippen molar-refractivity contribution in [2.24, 2.45) is 11.5 Å². The van der Waals surface area contributed by atoms with Crippen molar-refractivity contribution in [2.45, 2.75) is 25.9 Å². The van der Waals surface area contributed by atoms with Gasteiger partial charge in [-0.05, 0) is 18.1 Å². The number of nitrogens with one attached hydrogen (secondary N) is 1. The van der Waals surface area contributed by atoms with Gasteiger partial charge in [-0.1, -0.05) is 19.1 Å². The third kappa shape index (κ3) is 4.34. The summed E-state index contributed by atoms with van der Waals surface area (Å²) in [6, 6.07) is 6.28. The van der Waals surface area contributed by atoms with Crippen molar-refractivity contribution in [3.05, 3.63) is 29.3 Å². The Balaban J connectivity index is 2.61. The Kier molecular flexibility index (Phi) is 5.97. The second kappa shape index (κ2) is 7.27. The zero-order valence-corrected chi connectivity index (χ0v) is 10.7. The Morgan fingerprint density at radius 1 is 1.41 bits per heavy atom. The summed E-state index contributed by atoms with van der Waals surface area (Å²) in [7, 11) is 1.69. The van der Waals surface area contributed by atoms with Gasteiger partial charge in [0.25, 0.3) is 0 Å². The Morgan fingerprint density at radius 3 is 2.76 bits per heavy atom. The highest BCUT2D eigenvalue weighted by atomic mass is 16.5. The van der Waals surface area contributed by atoms with Crippen molar-refractivity contribution in [1.29, 1.82) is 0 Å². The molecule has 0 saturated heterocycles. The van der Waals surface area contributed by atoms with E-state index in [4.69, 9.17) is 16.2 Å². The summed E-state index contributed by atoms with van der Waals surface area (Å²) >= 11 is 0. The minimum atomic E-state index is 0.00959. The van der Waals surface area contributed by atoms with E-state index in [9.17, 15) is 0 Å². The molecule has 1 rings (SSSR count). The van der Waals surface area contributed by atoms with Crippen LogP contribution in [0.15, 0.2) is 18.2 Å². The predicted octanol–water partition coefficient (Wildman–Crippen LogP) is 0.633. The first-order chi connectivity index (χ1) is 8.21. The van der Waals surface area contributed by atoms with Crippen molar-refractivity contribution < 1.29 is 4.74 Å². The van der Waals surface area contributed by atoms with Gasteiger partial charge in [0.05, 0.1) is 7.11 Å². The van der Waals surface area contributed by atoms with Gasteiger partial charge in [-0.15, -0.1) is 0 Å². The maximum atomic E-state index is 5.74. The Morgan fingerprint density at radius 2 is 2.18 bits per heavy atom. The fraction of sp³-hybridized carbons (Fsp3) is 0.538. The number of benzene rings is 1. The number of nitrogens with two attached hydrogens (primary N) is 2. The van der Waals surface area contributed by atoms with Crippen LogP contribution in [0.2, 0.25) is 0 Å². The zero-order chi connectivity index (χ0) is 12.7. The maximum absolute atomic E-state index is 5.74. The molecule has 0 fully saturated rings. The molecular weight excluding hydrogens is 214 g/mol. The first kappa shape index (κ1) is 14.0. The average molecular weight is 237 g/mol. The summed E-state index contributed by atoms with van der Waals surface area (Å²) in [5.74, 6) is 0.913. The van der Waals surface area contributed by atoms with E-state index in [1.165, 1.54) is 5.56 Å². The van der Waals surface area contributed by atoms with E-state index in [-0.39, 0.29) is 6.04 Å². The van der Waals surface area contributed by atoms with Gasteiger partial charge in [-0.25, -0.2) is 0 Å². The highest BCUT2D eigenvalue weighted by Crippen LogP contribution is 2.19. The summed E-state index contributed by atoms with van der Waals surface area (Å²) in [6.45, 7) is 4.11. The summed E-state index contributed by atoms with van der Waals surface area (Å²) in [5, 5.41) is 3.29. The minimum absolute atomic E-state index is 0.00959. The molecule has 0 heterocycles. The average Bonchev–Trinajstić information content (AvgIpc) is 2.38. The molecule has 0 radical (unpaired) electrons. The van der Waals surface area contributed by atoms with Gasteiger partial charge in [0, 0.05) is 31.2 Å². The van der Waals surface area contributed by atoms with E-state index in [0.29, 0.717) is 6.54 Å². The van der Waals surface area contributed by atoms with Crippen LogP contribution in [-0.4, -0.2) is 26.2 Å². The van der Waals surface area contributed by atoms with E-state index in [1.54, 1.807) is 7.11 Å². The molecule has 1 aromatic carbocycles. The Bertz CT molecular complexity index is 341. The van der Waals surface area contributed by atoms with E-state index in [1.807, 2.05) is 6.07 Å². The van der Waals surface area contributed by atoms with Gasteiger partial charge >= 0.3 is 0 Å². The molecule has 0 spiro atoms. The molecule has 0 aliphatic rings. The molecule has 0 amide bonds. The van der Waals surface area contributed by atoms with Crippen LogP contribution in [0.5, 0.6) is 5.75 Å². The molecule has 0 aromatic heterocycles. The van der Waals surface area contributed by atoms with Crippen molar-refractivity contribution in [1.82, 2.24) is 5.32 Å². The molecule has 1 unspecified atom stereocenters. The molecule has 0 aliphatic carbocycles. The maximum Gasteiger partial charge on any atom is 0.123 e. The standard InChI is InChI=1S/C13H23N3O/c1-3-10-4-5-13(17-2)11(6-10)8-16-9-12(15)7-14/h4-6,12,16H,3,7-9,14-15H2,1-2H3. The second-order valence-electron chi connectivity index (χ2n) is 4.13. The molecule has 1 aromatic rings. The lowest BCUT2D eigenvalue weighted by molar-refractivity contribution is 0.407. The second-order valence-corrected chi connectivity index (χ2v) is 4.13. The van der Waals surface area contributed by atoms with Gasteiger partial charge in [0.1, 0.15) is 5.75 Å². The normalized spacial score (nSPS) is 12.5. The fourth-order valence-corrected chi connectivity index (χ4v) is 1.67. The smallest absolute Gasteiger partial charge is 0.123 e. The Labute approximate surface area is 103 Å². The molecule has 5 N–H and O–H groups in total. The lowest BCUT2D eigenvalue weighted by atomic mass is 10.1. The number of hydrogen-bond acceptors (Lipinski definition) is 4. The topological polar surface area (TPSA) is 73.3 Å². The number of aryl methyl sites for hydroxylation is 1. The quantitative estimate of drug-likeness (QED) is 0.650. The van der Waals surface area contributed by atoms with E-state index in [2.05, 4.69) is 24.4 Å². The van der Waals surface area contributed by atoms with Crippen molar-refractivity contribution in [3.63, 3.8) is 0 Å². The van der Waals surface area contributed by atoms with Crippen LogP contribution >= 0.6 is 0 Å². The third-order valence-electron chi connectivity index (χ3n) is 2.78. The summed E-state index contributed by atoms with van der Waals surface area (Å²) in [5.41, 5.74) is 13.7. The highest BCUT2D eigenvalue weighted by molar-refractivity contribution is 5.37.